The second-order valence-electron chi connectivity index (χ2n) is 7.94. The number of allylic oxidation sites excluding steroid dienone is 1. The molecule has 28 heavy (non-hydrogen) atoms. The van der Waals surface area contributed by atoms with Gasteiger partial charge in [-0.15, -0.1) is 0 Å². The number of carboxylic acid groups (broad SMARTS) is 1. The van der Waals surface area contributed by atoms with Crippen LogP contribution >= 0.6 is 0 Å². The molecule has 0 saturated heterocycles. The number of nitrogens with zero attached hydrogens (tertiary/aromatic N) is 2. The third-order valence-electron chi connectivity index (χ3n) is 5.45. The quantitative estimate of drug-likeness (QED) is 0.283. The van der Waals surface area contributed by atoms with Gasteiger partial charge in [0.1, 0.15) is 19.3 Å². The average Bonchev–Trinajstić information content (AvgIpc) is 3.03. The Morgan fingerprint density at radius 1 is 1.04 bits per heavy atom. The number of quaternary nitrogens is 1. The van der Waals surface area contributed by atoms with Gasteiger partial charge >= 0.3 is 0 Å². The van der Waals surface area contributed by atoms with Crippen molar-refractivity contribution in [1.29, 1.82) is 0 Å². The van der Waals surface area contributed by atoms with Crippen molar-refractivity contribution >= 4 is 11.8 Å². The first-order valence-electron chi connectivity index (χ1n) is 11.3. The van der Waals surface area contributed by atoms with Gasteiger partial charge in [0.05, 0.1) is 12.2 Å². The van der Waals surface area contributed by atoms with E-state index < -0.39 is 5.97 Å². The molecule has 1 atom stereocenters. The van der Waals surface area contributed by atoms with E-state index in [0.29, 0.717) is 13.1 Å². The summed E-state index contributed by atoms with van der Waals surface area (Å²) >= 11 is 0. The lowest BCUT2D eigenvalue weighted by Crippen LogP contribution is -2.54. The SMILES string of the molecule is CCCCCCCCCCCCCC/C=C/C1=NC=C[N+]1(CCN)CC(=O)[O-]. The highest BCUT2D eigenvalue weighted by molar-refractivity contribution is 5.90. The normalized spacial score (nSPS) is 18.9. The number of carboxylic acids is 1. The van der Waals surface area contributed by atoms with Crippen LogP contribution < -0.4 is 10.8 Å². The lowest BCUT2D eigenvalue weighted by atomic mass is 10.0. The van der Waals surface area contributed by atoms with Crippen LogP contribution in [0.15, 0.2) is 29.5 Å². The second kappa shape index (κ2) is 15.5. The van der Waals surface area contributed by atoms with E-state index in [-0.39, 0.29) is 11.0 Å². The zero-order chi connectivity index (χ0) is 20.5. The fraction of sp³-hybridized carbons (Fsp3) is 0.739. The lowest BCUT2D eigenvalue weighted by Gasteiger charge is -2.31. The minimum Gasteiger partial charge on any atom is -0.544 e. The van der Waals surface area contributed by atoms with E-state index in [1.165, 1.54) is 77.0 Å². The van der Waals surface area contributed by atoms with Crippen LogP contribution in [0.3, 0.4) is 0 Å². The highest BCUT2D eigenvalue weighted by Crippen LogP contribution is 2.18. The number of carbonyl (C=O) groups is 1. The van der Waals surface area contributed by atoms with Gasteiger partial charge in [-0.1, -0.05) is 83.6 Å². The third kappa shape index (κ3) is 10.2. The number of carbonyl (C=O) groups excluding carboxylic acids is 1. The molecular weight excluding hydrogens is 350 g/mol. The molecule has 1 unspecified atom stereocenters. The fourth-order valence-electron chi connectivity index (χ4n) is 3.77. The second-order valence-corrected chi connectivity index (χ2v) is 7.94. The number of hydrogen-bond acceptors (Lipinski definition) is 4. The lowest BCUT2D eigenvalue weighted by molar-refractivity contribution is -0.778. The number of hydrogen-bond donors (Lipinski definition) is 1. The van der Waals surface area contributed by atoms with Crippen LogP contribution in [0, 0.1) is 0 Å². The number of rotatable bonds is 18. The van der Waals surface area contributed by atoms with E-state index in [9.17, 15) is 9.90 Å². The molecule has 1 rings (SSSR count). The van der Waals surface area contributed by atoms with Crippen LogP contribution in [0.4, 0.5) is 0 Å². The van der Waals surface area contributed by atoms with Crippen LogP contribution in [0.1, 0.15) is 90.4 Å². The first-order valence-corrected chi connectivity index (χ1v) is 11.3. The highest BCUT2D eigenvalue weighted by Gasteiger charge is 2.33. The maximum Gasteiger partial charge on any atom is 0.232 e. The van der Waals surface area contributed by atoms with Gasteiger partial charge in [-0.3, -0.25) is 0 Å². The predicted octanol–water partition coefficient (Wildman–Crippen LogP) is 4.04. The van der Waals surface area contributed by atoms with Crippen molar-refractivity contribution in [2.45, 2.75) is 90.4 Å². The molecule has 5 nitrogen and oxygen atoms in total. The molecule has 0 spiro atoms. The summed E-state index contributed by atoms with van der Waals surface area (Å²) in [6, 6.07) is 0. The summed E-state index contributed by atoms with van der Waals surface area (Å²) in [7, 11) is 0. The summed E-state index contributed by atoms with van der Waals surface area (Å²) in [6.07, 6.45) is 24.7. The van der Waals surface area contributed by atoms with Gasteiger partial charge in [0, 0.05) is 12.6 Å². The number of nitrogens with two attached hydrogens (primary N) is 1. The Morgan fingerprint density at radius 3 is 2.14 bits per heavy atom. The van der Waals surface area contributed by atoms with Crippen molar-refractivity contribution < 1.29 is 14.4 Å². The molecule has 1 aliphatic rings. The molecule has 0 fully saturated rings. The van der Waals surface area contributed by atoms with Crippen molar-refractivity contribution in [3.05, 3.63) is 24.6 Å². The van der Waals surface area contributed by atoms with Crippen LogP contribution in [-0.4, -0.2) is 35.9 Å². The molecule has 5 heteroatoms. The van der Waals surface area contributed by atoms with Crippen molar-refractivity contribution in [2.24, 2.45) is 10.7 Å². The Kier molecular flexibility index (Phi) is 13.6. The molecule has 0 radical (unpaired) electrons. The van der Waals surface area contributed by atoms with E-state index in [0.717, 1.165) is 12.3 Å². The standard InChI is InChI=1S/C23H41N3O2/c1-2-3-4-5-6-7-8-9-10-11-12-13-14-15-16-22-25-18-20-26(22,19-17-24)21-23(27)28/h15-16,18,20H,2-14,17,19,21,24H2,1H3/b16-15+. The van der Waals surface area contributed by atoms with E-state index >= 15 is 0 Å². The van der Waals surface area contributed by atoms with Crippen molar-refractivity contribution in [3.8, 4) is 0 Å². The number of unbranched alkanes of at least 4 members (excludes halogenated alkanes) is 12. The van der Waals surface area contributed by atoms with Crippen LogP contribution in [-0.2, 0) is 4.79 Å². The van der Waals surface area contributed by atoms with Crippen LogP contribution in [0.2, 0.25) is 0 Å². The Balaban J connectivity index is 2.09. The van der Waals surface area contributed by atoms with Gasteiger partial charge in [-0.2, -0.15) is 4.99 Å². The molecule has 2 N–H and O–H groups in total. The zero-order valence-electron chi connectivity index (χ0n) is 17.9. The molecule has 0 amide bonds. The Morgan fingerprint density at radius 2 is 1.61 bits per heavy atom. The Hall–Kier alpha value is -1.46. The third-order valence-corrected chi connectivity index (χ3v) is 5.45. The first kappa shape index (κ1) is 24.6. The highest BCUT2D eigenvalue weighted by atomic mass is 16.4. The minimum absolute atomic E-state index is 0.116. The van der Waals surface area contributed by atoms with Crippen molar-refractivity contribution in [1.82, 2.24) is 0 Å². The number of aliphatic carboxylic acids is 1. The van der Waals surface area contributed by atoms with Gasteiger partial charge in [-0.25, -0.2) is 4.48 Å². The molecule has 0 saturated carbocycles. The predicted molar refractivity (Wildman–Crippen MR) is 115 cm³/mol. The van der Waals surface area contributed by atoms with Crippen LogP contribution in [0.5, 0.6) is 0 Å². The first-order chi connectivity index (χ1) is 13.6. The van der Waals surface area contributed by atoms with E-state index in [1.807, 2.05) is 6.08 Å². The summed E-state index contributed by atoms with van der Waals surface area (Å²) in [4.78, 5) is 15.4. The molecule has 0 aromatic rings. The van der Waals surface area contributed by atoms with E-state index in [1.54, 1.807) is 12.4 Å². The topological polar surface area (TPSA) is 78.5 Å². The number of aliphatic imine (C=N–C) groups is 1. The fourth-order valence-corrected chi connectivity index (χ4v) is 3.77. The summed E-state index contributed by atoms with van der Waals surface area (Å²) in [6.45, 7) is 3.08. The Labute approximate surface area is 172 Å². The smallest absolute Gasteiger partial charge is 0.232 e. The van der Waals surface area contributed by atoms with Crippen molar-refractivity contribution in [3.63, 3.8) is 0 Å². The monoisotopic (exact) mass is 391 g/mol. The molecule has 1 aliphatic heterocycles. The molecule has 1 heterocycles. The molecule has 0 aliphatic carbocycles. The van der Waals surface area contributed by atoms with Crippen LogP contribution in [0.25, 0.3) is 0 Å². The summed E-state index contributed by atoms with van der Waals surface area (Å²) in [5.74, 6) is -0.337. The molecule has 0 aromatic carbocycles. The van der Waals surface area contributed by atoms with Gasteiger partial charge in [0.15, 0.2) is 0 Å². The summed E-state index contributed by atoms with van der Waals surface area (Å²) in [5.41, 5.74) is 5.67. The van der Waals surface area contributed by atoms with Gasteiger partial charge in [0.2, 0.25) is 5.84 Å². The maximum absolute atomic E-state index is 11.1. The zero-order valence-corrected chi connectivity index (χ0v) is 17.9. The van der Waals surface area contributed by atoms with Gasteiger partial charge in [-0.05, 0) is 12.8 Å². The summed E-state index contributed by atoms with van der Waals surface area (Å²) < 4.78 is 0.160. The van der Waals surface area contributed by atoms with Gasteiger partial charge < -0.3 is 15.6 Å². The maximum atomic E-state index is 11.1. The largest absolute Gasteiger partial charge is 0.544 e. The molecular formula is C23H41N3O2. The summed E-state index contributed by atoms with van der Waals surface area (Å²) in [5, 5.41) is 11.1. The van der Waals surface area contributed by atoms with Gasteiger partial charge in [0.25, 0.3) is 0 Å². The van der Waals surface area contributed by atoms with Crippen molar-refractivity contribution in [2.75, 3.05) is 19.6 Å². The Bertz CT molecular complexity index is 514. The molecule has 160 valence electrons. The number of amidine groups is 1. The van der Waals surface area contributed by atoms with E-state index in [4.69, 9.17) is 5.73 Å². The van der Waals surface area contributed by atoms with E-state index in [2.05, 4.69) is 18.0 Å². The minimum atomic E-state index is -1.08. The molecule has 0 bridgehead atoms. The average molecular weight is 392 g/mol. The molecule has 0 aromatic heterocycles.